The van der Waals surface area contributed by atoms with Gasteiger partial charge in [0.15, 0.2) is 0 Å². The number of hydrogen-bond donors (Lipinski definition) is 1. The molecule has 3 aromatic rings. The molecule has 0 aliphatic heterocycles. The molecule has 0 aliphatic carbocycles. The van der Waals surface area contributed by atoms with Crippen LogP contribution in [-0.4, -0.2) is 11.1 Å². The van der Waals surface area contributed by atoms with Crippen LogP contribution in [0.25, 0.3) is 27.5 Å². The van der Waals surface area contributed by atoms with Crippen molar-refractivity contribution in [1.29, 1.82) is 5.26 Å². The first-order valence-corrected chi connectivity index (χ1v) is 7.12. The normalized spacial score (nSPS) is 11.2. The van der Waals surface area contributed by atoms with E-state index in [4.69, 9.17) is 10.4 Å². The van der Waals surface area contributed by atoms with Gasteiger partial charge >= 0.3 is 5.97 Å². The minimum atomic E-state index is -1.12. The van der Waals surface area contributed by atoms with E-state index in [2.05, 4.69) is 30.3 Å². The molecule has 0 amide bonds. The Kier molecular flexibility index (Phi) is 3.90. The highest BCUT2D eigenvalue weighted by Crippen LogP contribution is 2.26. The number of nitrogens with zero attached hydrogens (tertiary/aromatic N) is 1. The number of rotatable bonds is 3. The number of hydrogen-bond acceptors (Lipinski definition) is 2. The lowest BCUT2D eigenvalue weighted by molar-refractivity contribution is -0.131. The van der Waals surface area contributed by atoms with Crippen LogP contribution >= 0.6 is 0 Å². The summed E-state index contributed by atoms with van der Waals surface area (Å²) < 4.78 is 0. The van der Waals surface area contributed by atoms with Gasteiger partial charge in [0.25, 0.3) is 0 Å². The average molecular weight is 299 g/mol. The Bertz CT molecular complexity index is 947. The van der Waals surface area contributed by atoms with E-state index in [1.165, 1.54) is 5.39 Å². The number of allylic oxidation sites excluding steroid dienone is 1. The molecule has 0 unspecified atom stereocenters. The molecule has 0 aromatic heterocycles. The minimum Gasteiger partial charge on any atom is -0.478 e. The highest BCUT2D eigenvalue weighted by atomic mass is 16.4. The van der Waals surface area contributed by atoms with E-state index >= 15 is 0 Å². The van der Waals surface area contributed by atoms with Crippen LogP contribution in [0.4, 0.5) is 0 Å². The van der Waals surface area contributed by atoms with Crippen molar-refractivity contribution < 1.29 is 9.90 Å². The quantitative estimate of drug-likeness (QED) is 0.572. The molecular formula is C20H13NO2. The summed E-state index contributed by atoms with van der Waals surface area (Å²) in [5.74, 6) is -1.12. The van der Waals surface area contributed by atoms with E-state index < -0.39 is 5.97 Å². The summed E-state index contributed by atoms with van der Waals surface area (Å²) in [4.78, 5) is 10.7. The van der Waals surface area contributed by atoms with Crippen LogP contribution in [0.2, 0.25) is 0 Å². The van der Waals surface area contributed by atoms with Crippen LogP contribution in [0.1, 0.15) is 5.56 Å². The molecule has 0 fully saturated rings. The molecule has 0 heterocycles. The number of aliphatic carboxylic acids is 1. The Morgan fingerprint density at radius 1 is 0.913 bits per heavy atom. The largest absolute Gasteiger partial charge is 0.478 e. The van der Waals surface area contributed by atoms with Crippen molar-refractivity contribution in [2.45, 2.75) is 0 Å². The maximum atomic E-state index is 10.7. The molecule has 0 spiro atoms. The summed E-state index contributed by atoms with van der Waals surface area (Å²) in [7, 11) is 0. The second-order valence-electron chi connectivity index (χ2n) is 5.15. The topological polar surface area (TPSA) is 61.1 Å². The Labute approximate surface area is 133 Å². The molecule has 0 saturated carbocycles. The molecule has 3 aromatic carbocycles. The molecule has 110 valence electrons. The van der Waals surface area contributed by atoms with Crippen LogP contribution in [0.15, 0.2) is 72.8 Å². The molecule has 0 atom stereocenters. The fourth-order valence-electron chi connectivity index (χ4n) is 2.51. The van der Waals surface area contributed by atoms with Crippen molar-refractivity contribution in [3.05, 3.63) is 78.4 Å². The zero-order chi connectivity index (χ0) is 16.2. The van der Waals surface area contributed by atoms with Crippen molar-refractivity contribution in [1.82, 2.24) is 0 Å². The van der Waals surface area contributed by atoms with Crippen molar-refractivity contribution in [3.8, 4) is 17.2 Å². The first-order valence-electron chi connectivity index (χ1n) is 7.12. The summed E-state index contributed by atoms with van der Waals surface area (Å²) >= 11 is 0. The standard InChI is InChI=1S/C20H13NO2/c21-13-19(12-20(22)23)16-7-5-15(6-8-16)18-10-9-14-3-1-2-4-17(14)11-18/h1-12H,(H,22,23). The van der Waals surface area contributed by atoms with E-state index in [-0.39, 0.29) is 5.57 Å². The fourth-order valence-corrected chi connectivity index (χ4v) is 2.51. The first-order chi connectivity index (χ1) is 11.2. The predicted molar refractivity (Wildman–Crippen MR) is 90.6 cm³/mol. The van der Waals surface area contributed by atoms with Gasteiger partial charge in [0.05, 0.1) is 5.57 Å². The average Bonchev–Trinajstić information content (AvgIpc) is 2.59. The van der Waals surface area contributed by atoms with Crippen LogP contribution in [0, 0.1) is 11.3 Å². The van der Waals surface area contributed by atoms with Gasteiger partial charge in [-0.15, -0.1) is 0 Å². The minimum absolute atomic E-state index is 0.141. The van der Waals surface area contributed by atoms with Gasteiger partial charge in [-0.05, 0) is 33.5 Å². The second kappa shape index (κ2) is 6.17. The third-order valence-corrected chi connectivity index (χ3v) is 3.67. The number of fused-ring (bicyclic) bond motifs is 1. The molecule has 0 radical (unpaired) electrons. The maximum Gasteiger partial charge on any atom is 0.329 e. The van der Waals surface area contributed by atoms with E-state index in [0.29, 0.717) is 5.56 Å². The third-order valence-electron chi connectivity index (χ3n) is 3.67. The summed E-state index contributed by atoms with van der Waals surface area (Å²) in [5, 5.41) is 20.2. The summed E-state index contributed by atoms with van der Waals surface area (Å²) in [6.45, 7) is 0. The molecule has 3 nitrogen and oxygen atoms in total. The monoisotopic (exact) mass is 299 g/mol. The van der Waals surface area contributed by atoms with Gasteiger partial charge in [0.2, 0.25) is 0 Å². The first kappa shape index (κ1) is 14.6. The van der Waals surface area contributed by atoms with Crippen molar-refractivity contribution in [3.63, 3.8) is 0 Å². The summed E-state index contributed by atoms with van der Waals surface area (Å²) in [6.07, 6.45) is 0.922. The van der Waals surface area contributed by atoms with Crippen LogP contribution in [0.5, 0.6) is 0 Å². The third kappa shape index (κ3) is 3.12. The van der Waals surface area contributed by atoms with Gasteiger partial charge in [-0.2, -0.15) is 5.26 Å². The smallest absolute Gasteiger partial charge is 0.329 e. The number of benzene rings is 3. The molecule has 0 saturated heterocycles. The van der Waals surface area contributed by atoms with E-state index in [0.717, 1.165) is 22.6 Å². The lowest BCUT2D eigenvalue weighted by Gasteiger charge is -2.05. The Morgan fingerprint density at radius 3 is 2.22 bits per heavy atom. The molecule has 23 heavy (non-hydrogen) atoms. The predicted octanol–water partition coefficient (Wildman–Crippen LogP) is 4.50. The highest BCUT2D eigenvalue weighted by Gasteiger charge is 2.05. The number of carboxylic acid groups (broad SMARTS) is 1. The molecule has 1 N–H and O–H groups in total. The molecule has 0 bridgehead atoms. The Morgan fingerprint density at radius 2 is 1.57 bits per heavy atom. The summed E-state index contributed by atoms with van der Waals surface area (Å²) in [6, 6.07) is 23.6. The molecular weight excluding hydrogens is 286 g/mol. The molecule has 0 aliphatic rings. The Hall–Kier alpha value is -3.38. The summed E-state index contributed by atoms with van der Waals surface area (Å²) in [5.41, 5.74) is 2.84. The highest BCUT2D eigenvalue weighted by molar-refractivity contribution is 5.94. The number of nitriles is 1. The Balaban J connectivity index is 1.98. The fraction of sp³-hybridized carbons (Fsp3) is 0. The lowest BCUT2D eigenvalue weighted by atomic mass is 9.98. The van der Waals surface area contributed by atoms with Gasteiger partial charge in [0.1, 0.15) is 6.07 Å². The maximum absolute atomic E-state index is 10.7. The van der Waals surface area contributed by atoms with E-state index in [1.54, 1.807) is 12.1 Å². The number of carbonyl (C=O) groups is 1. The van der Waals surface area contributed by atoms with Crippen molar-refractivity contribution in [2.75, 3.05) is 0 Å². The lowest BCUT2D eigenvalue weighted by Crippen LogP contribution is -1.91. The van der Waals surface area contributed by atoms with Crippen LogP contribution in [0.3, 0.4) is 0 Å². The van der Waals surface area contributed by atoms with E-state index in [1.807, 2.05) is 30.3 Å². The van der Waals surface area contributed by atoms with Gasteiger partial charge in [-0.1, -0.05) is 60.7 Å². The SMILES string of the molecule is N#CC(=CC(=O)O)c1ccc(-c2ccc3ccccc3c2)cc1. The van der Waals surface area contributed by atoms with Crippen LogP contribution in [-0.2, 0) is 4.79 Å². The molecule has 3 heteroatoms. The number of carboxylic acids is 1. The zero-order valence-electron chi connectivity index (χ0n) is 12.2. The van der Waals surface area contributed by atoms with Gasteiger partial charge < -0.3 is 5.11 Å². The van der Waals surface area contributed by atoms with Gasteiger partial charge in [0, 0.05) is 6.08 Å². The second-order valence-corrected chi connectivity index (χ2v) is 5.15. The van der Waals surface area contributed by atoms with Gasteiger partial charge in [-0.25, -0.2) is 4.79 Å². The van der Waals surface area contributed by atoms with Crippen molar-refractivity contribution in [2.24, 2.45) is 0 Å². The van der Waals surface area contributed by atoms with Crippen LogP contribution < -0.4 is 0 Å². The molecule has 3 rings (SSSR count). The van der Waals surface area contributed by atoms with E-state index in [9.17, 15) is 4.79 Å². The van der Waals surface area contributed by atoms with Gasteiger partial charge in [-0.3, -0.25) is 0 Å². The van der Waals surface area contributed by atoms with Crippen molar-refractivity contribution >= 4 is 22.3 Å². The zero-order valence-corrected chi connectivity index (χ0v) is 12.2.